The van der Waals surface area contributed by atoms with E-state index in [4.69, 9.17) is 0 Å². The normalized spacial score (nSPS) is 19.0. The second-order valence-corrected chi connectivity index (χ2v) is 7.39. The van der Waals surface area contributed by atoms with Crippen molar-refractivity contribution in [3.05, 3.63) is 22.1 Å². The first-order chi connectivity index (χ1) is 11.7. The van der Waals surface area contributed by atoms with Gasteiger partial charge >= 0.3 is 0 Å². The summed E-state index contributed by atoms with van der Waals surface area (Å²) >= 11 is 1.40. The summed E-state index contributed by atoms with van der Waals surface area (Å²) in [6.07, 6.45) is 6.84. The number of fused-ring (bicyclic) bond motifs is 1. The second kappa shape index (κ2) is 6.51. The second-order valence-electron chi connectivity index (χ2n) is 6.46. The van der Waals surface area contributed by atoms with Crippen LogP contribution < -0.4 is 10.5 Å². The molecule has 0 atom stereocenters. The van der Waals surface area contributed by atoms with Crippen LogP contribution in [0.3, 0.4) is 0 Å². The van der Waals surface area contributed by atoms with Crippen LogP contribution in [-0.2, 0) is 0 Å². The highest BCUT2D eigenvalue weighted by Crippen LogP contribution is 2.25. The number of aromatic nitrogens is 3. The Morgan fingerprint density at radius 2 is 1.67 bits per heavy atom. The lowest BCUT2D eigenvalue weighted by Gasteiger charge is -2.18. The lowest BCUT2D eigenvalue weighted by Crippen LogP contribution is -2.31. The highest BCUT2D eigenvalue weighted by atomic mass is 32.1. The van der Waals surface area contributed by atoms with E-state index in [0.29, 0.717) is 10.7 Å². The third-order valence-corrected chi connectivity index (χ3v) is 5.70. The van der Waals surface area contributed by atoms with Crippen LogP contribution in [0.1, 0.15) is 49.0 Å². The van der Waals surface area contributed by atoms with Crippen molar-refractivity contribution < 1.29 is 4.79 Å². The van der Waals surface area contributed by atoms with Gasteiger partial charge in [-0.3, -0.25) is 9.59 Å². The zero-order valence-electron chi connectivity index (χ0n) is 13.6. The fourth-order valence-corrected chi connectivity index (χ4v) is 4.39. The molecule has 0 aliphatic carbocycles. The molecule has 0 unspecified atom stereocenters. The molecule has 2 aromatic heterocycles. The SMILES string of the molecule is O=C(c1cc(=O)nc2sc(N3CCCCCC3)nn12)N1CCCC1. The zero-order valence-corrected chi connectivity index (χ0v) is 14.4. The average molecular weight is 347 g/mol. The summed E-state index contributed by atoms with van der Waals surface area (Å²) < 4.78 is 1.56. The molecule has 7 nitrogen and oxygen atoms in total. The van der Waals surface area contributed by atoms with Crippen molar-refractivity contribution in [2.75, 3.05) is 31.1 Å². The molecule has 2 aliphatic heterocycles. The van der Waals surface area contributed by atoms with Crippen LogP contribution in [0.4, 0.5) is 5.13 Å². The highest BCUT2D eigenvalue weighted by Gasteiger charge is 2.24. The molecule has 2 saturated heterocycles. The van der Waals surface area contributed by atoms with E-state index in [1.54, 1.807) is 9.42 Å². The number of likely N-dealkylation sites (tertiary alicyclic amines) is 1. The predicted molar refractivity (Wildman–Crippen MR) is 93.0 cm³/mol. The van der Waals surface area contributed by atoms with Gasteiger partial charge in [-0.15, -0.1) is 5.10 Å². The Kier molecular flexibility index (Phi) is 4.22. The minimum absolute atomic E-state index is 0.116. The Morgan fingerprint density at radius 3 is 2.38 bits per heavy atom. The molecule has 1 amide bonds. The summed E-state index contributed by atoms with van der Waals surface area (Å²) in [4.78, 5) is 33.3. The Balaban J connectivity index is 1.73. The summed E-state index contributed by atoms with van der Waals surface area (Å²) in [7, 11) is 0. The van der Waals surface area contributed by atoms with E-state index in [1.165, 1.54) is 30.2 Å². The lowest BCUT2D eigenvalue weighted by atomic mass is 10.2. The third kappa shape index (κ3) is 2.90. The van der Waals surface area contributed by atoms with E-state index < -0.39 is 0 Å². The van der Waals surface area contributed by atoms with Gasteiger partial charge in [-0.1, -0.05) is 24.2 Å². The van der Waals surface area contributed by atoms with Crippen molar-refractivity contribution in [3.63, 3.8) is 0 Å². The topological polar surface area (TPSA) is 70.8 Å². The maximum Gasteiger partial charge on any atom is 0.274 e. The monoisotopic (exact) mass is 347 g/mol. The van der Waals surface area contributed by atoms with Crippen molar-refractivity contribution >= 4 is 27.3 Å². The molecule has 0 aromatic carbocycles. The van der Waals surface area contributed by atoms with E-state index in [0.717, 1.165) is 57.0 Å². The molecule has 0 radical (unpaired) electrons. The van der Waals surface area contributed by atoms with Crippen LogP contribution in [0.25, 0.3) is 4.96 Å². The molecule has 4 heterocycles. The number of hydrogen-bond donors (Lipinski definition) is 0. The van der Waals surface area contributed by atoms with Gasteiger partial charge in [-0.25, -0.2) is 0 Å². The van der Waals surface area contributed by atoms with Crippen molar-refractivity contribution in [2.24, 2.45) is 0 Å². The van der Waals surface area contributed by atoms with E-state index in [2.05, 4.69) is 15.0 Å². The molecule has 24 heavy (non-hydrogen) atoms. The van der Waals surface area contributed by atoms with E-state index >= 15 is 0 Å². The number of carbonyl (C=O) groups excluding carboxylic acids is 1. The Labute approximate surface area is 143 Å². The minimum atomic E-state index is -0.372. The molecule has 0 N–H and O–H groups in total. The smallest absolute Gasteiger partial charge is 0.274 e. The Morgan fingerprint density at radius 1 is 1.00 bits per heavy atom. The molecular weight excluding hydrogens is 326 g/mol. The van der Waals surface area contributed by atoms with Gasteiger partial charge in [-0.2, -0.15) is 9.50 Å². The molecule has 4 rings (SSSR count). The van der Waals surface area contributed by atoms with E-state index in [-0.39, 0.29) is 11.5 Å². The van der Waals surface area contributed by atoms with Gasteiger partial charge in [0.15, 0.2) is 0 Å². The summed E-state index contributed by atoms with van der Waals surface area (Å²) in [5, 5.41) is 5.48. The van der Waals surface area contributed by atoms with E-state index in [1.807, 2.05) is 0 Å². The zero-order chi connectivity index (χ0) is 16.5. The number of hydrogen-bond acceptors (Lipinski definition) is 6. The molecule has 2 aliphatic rings. The first-order valence-corrected chi connectivity index (χ1v) is 9.49. The maximum absolute atomic E-state index is 12.7. The first kappa shape index (κ1) is 15.6. The molecular formula is C16H21N5O2S. The van der Waals surface area contributed by atoms with Crippen LogP contribution in [0.15, 0.2) is 10.9 Å². The van der Waals surface area contributed by atoms with Gasteiger partial charge in [0, 0.05) is 32.2 Å². The fraction of sp³-hybridized carbons (Fsp3) is 0.625. The van der Waals surface area contributed by atoms with E-state index in [9.17, 15) is 9.59 Å². The molecule has 2 fully saturated rings. The van der Waals surface area contributed by atoms with Crippen LogP contribution in [0.2, 0.25) is 0 Å². The molecule has 0 bridgehead atoms. The van der Waals surface area contributed by atoms with Crippen LogP contribution in [-0.4, -0.2) is 51.6 Å². The number of anilines is 1. The summed E-state index contributed by atoms with van der Waals surface area (Å²) in [5.74, 6) is -0.116. The van der Waals surface area contributed by atoms with Crippen molar-refractivity contribution in [2.45, 2.75) is 38.5 Å². The third-order valence-electron chi connectivity index (χ3n) is 4.73. The lowest BCUT2D eigenvalue weighted by molar-refractivity contribution is 0.0784. The van der Waals surface area contributed by atoms with Gasteiger partial charge < -0.3 is 9.80 Å². The van der Waals surface area contributed by atoms with Gasteiger partial charge in [0.25, 0.3) is 11.5 Å². The number of nitrogens with zero attached hydrogens (tertiary/aromatic N) is 5. The molecule has 2 aromatic rings. The number of carbonyl (C=O) groups is 1. The van der Waals surface area contributed by atoms with Crippen LogP contribution >= 0.6 is 11.3 Å². The molecule has 8 heteroatoms. The Hall–Kier alpha value is -1.96. The van der Waals surface area contributed by atoms with Crippen molar-refractivity contribution in [1.82, 2.24) is 19.5 Å². The number of rotatable bonds is 2. The fourth-order valence-electron chi connectivity index (χ4n) is 3.43. The van der Waals surface area contributed by atoms with Gasteiger partial charge in [0.05, 0.1) is 0 Å². The maximum atomic E-state index is 12.7. The van der Waals surface area contributed by atoms with Gasteiger partial charge in [-0.05, 0) is 25.7 Å². The van der Waals surface area contributed by atoms with Gasteiger partial charge in [0.1, 0.15) is 5.69 Å². The summed E-state index contributed by atoms with van der Waals surface area (Å²) in [6.45, 7) is 3.45. The quantitative estimate of drug-likeness (QED) is 0.828. The van der Waals surface area contributed by atoms with Crippen molar-refractivity contribution in [1.29, 1.82) is 0 Å². The van der Waals surface area contributed by atoms with Crippen LogP contribution in [0.5, 0.6) is 0 Å². The van der Waals surface area contributed by atoms with Crippen molar-refractivity contribution in [3.8, 4) is 0 Å². The average Bonchev–Trinajstić information content (AvgIpc) is 3.17. The van der Waals surface area contributed by atoms with Gasteiger partial charge in [0.2, 0.25) is 10.1 Å². The molecule has 128 valence electrons. The highest BCUT2D eigenvalue weighted by molar-refractivity contribution is 7.20. The first-order valence-electron chi connectivity index (χ1n) is 8.67. The largest absolute Gasteiger partial charge is 0.347 e. The Bertz CT molecular complexity index is 800. The molecule has 0 saturated carbocycles. The summed E-state index contributed by atoms with van der Waals surface area (Å²) in [6, 6.07) is 1.32. The standard InChI is InChI=1S/C16H21N5O2S/c22-13-11-12(14(23)19-7-5-6-8-19)21-15(17-13)24-16(18-21)20-9-3-1-2-4-10-20/h11H,1-10H2. The minimum Gasteiger partial charge on any atom is -0.347 e. The molecule has 0 spiro atoms. The van der Waals surface area contributed by atoms with Crippen LogP contribution in [0, 0.1) is 0 Å². The summed E-state index contributed by atoms with van der Waals surface area (Å²) in [5.41, 5.74) is -0.0344. The predicted octanol–water partition coefficient (Wildman–Crippen LogP) is 1.77. The number of amides is 1.